The largest absolute Gasteiger partial charge is 0.309 e. The minimum atomic E-state index is -1.88. The number of hydrogen-bond acceptors (Lipinski definition) is 1. The van der Waals surface area contributed by atoms with Crippen LogP contribution >= 0.6 is 0 Å². The van der Waals surface area contributed by atoms with Gasteiger partial charge in [-0.25, -0.2) is 4.98 Å². The van der Waals surface area contributed by atoms with E-state index in [2.05, 4.69) is 162 Å². The van der Waals surface area contributed by atoms with Crippen molar-refractivity contribution in [3.8, 4) is 33.9 Å². The number of imidazole rings is 1. The fourth-order valence-corrected chi connectivity index (χ4v) is 10.9. The number of rotatable bonds is 3. The number of aromatic nitrogens is 3. The van der Waals surface area contributed by atoms with Gasteiger partial charge in [-0.1, -0.05) is 104 Å². The third-order valence-electron chi connectivity index (χ3n) is 9.31. The van der Waals surface area contributed by atoms with Crippen molar-refractivity contribution < 1.29 is 0 Å². The molecule has 0 amide bonds. The van der Waals surface area contributed by atoms with E-state index in [0.717, 1.165) is 33.8 Å². The van der Waals surface area contributed by atoms with Gasteiger partial charge in [0.05, 0.1) is 22.1 Å². The van der Waals surface area contributed by atoms with Crippen LogP contribution in [0, 0.1) is 0 Å². The number of nitrogens with zero attached hydrogens (tertiary/aromatic N) is 3. The van der Waals surface area contributed by atoms with Crippen LogP contribution in [0.15, 0.2) is 140 Å². The summed E-state index contributed by atoms with van der Waals surface area (Å²) in [6.45, 7) is 5.02. The molecule has 3 heterocycles. The maximum absolute atomic E-state index is 5.04. The molecule has 43 heavy (non-hydrogen) atoms. The Balaban J connectivity index is 1.26. The lowest BCUT2D eigenvalue weighted by Gasteiger charge is -2.20. The Morgan fingerprint density at radius 3 is 1.98 bits per heavy atom. The van der Waals surface area contributed by atoms with Crippen molar-refractivity contribution in [3.05, 3.63) is 140 Å². The molecule has 6 aromatic carbocycles. The summed E-state index contributed by atoms with van der Waals surface area (Å²) in [7, 11) is -1.88. The molecule has 0 unspecified atom stereocenters. The summed E-state index contributed by atoms with van der Waals surface area (Å²) in [6.07, 6.45) is 0. The first-order valence-electron chi connectivity index (χ1n) is 14.9. The predicted octanol–water partition coefficient (Wildman–Crippen LogP) is 8.59. The Morgan fingerprint density at radius 2 is 1.16 bits per heavy atom. The minimum absolute atomic E-state index is 0.953. The predicted molar refractivity (Wildman–Crippen MR) is 183 cm³/mol. The lowest BCUT2D eigenvalue weighted by Crippen LogP contribution is -2.49. The van der Waals surface area contributed by atoms with Crippen LogP contribution in [0.1, 0.15) is 0 Å². The first-order valence-corrected chi connectivity index (χ1v) is 17.9. The normalized spacial score (nSPS) is 13.5. The molecule has 9 rings (SSSR count). The first kappa shape index (κ1) is 24.4. The Bertz CT molecular complexity index is 2360. The van der Waals surface area contributed by atoms with Gasteiger partial charge >= 0.3 is 0 Å². The molecule has 0 bridgehead atoms. The quantitative estimate of drug-likeness (QED) is 0.196. The number of para-hydroxylation sites is 3. The van der Waals surface area contributed by atoms with E-state index in [0.29, 0.717) is 0 Å². The van der Waals surface area contributed by atoms with Crippen LogP contribution in [0.3, 0.4) is 0 Å². The summed E-state index contributed by atoms with van der Waals surface area (Å²) in [5, 5.41) is 5.85. The average molecular weight is 568 g/mol. The molecule has 0 N–H and O–H groups in total. The summed E-state index contributed by atoms with van der Waals surface area (Å²) in [4.78, 5) is 5.04. The summed E-state index contributed by atoms with van der Waals surface area (Å²) >= 11 is 0. The van der Waals surface area contributed by atoms with Gasteiger partial charge in [-0.3, -0.25) is 4.57 Å². The second-order valence-corrected chi connectivity index (χ2v) is 16.3. The van der Waals surface area contributed by atoms with Gasteiger partial charge in [0.15, 0.2) is 0 Å². The highest BCUT2D eigenvalue weighted by Crippen LogP contribution is 2.38. The maximum Gasteiger partial charge on any atom is 0.145 e. The fraction of sp³-hybridized carbons (Fsp3) is 0.0513. The van der Waals surface area contributed by atoms with Crippen LogP contribution in [-0.2, 0) is 0 Å². The highest BCUT2D eigenvalue weighted by molar-refractivity contribution is 7.05. The highest BCUT2D eigenvalue weighted by atomic mass is 28.3. The van der Waals surface area contributed by atoms with Crippen LogP contribution in [0.4, 0.5) is 0 Å². The number of hydrogen-bond donors (Lipinski definition) is 0. The monoisotopic (exact) mass is 567 g/mol. The molecule has 0 radical (unpaired) electrons. The zero-order valence-electron chi connectivity index (χ0n) is 24.1. The average Bonchev–Trinajstić information content (AvgIpc) is 3.68. The van der Waals surface area contributed by atoms with Gasteiger partial charge in [-0.2, -0.15) is 0 Å². The van der Waals surface area contributed by atoms with Gasteiger partial charge in [0.25, 0.3) is 0 Å². The molecular formula is C39H29N3Si. The summed E-state index contributed by atoms with van der Waals surface area (Å²) in [6, 6.07) is 50.5. The molecule has 0 saturated carbocycles. The smallest absolute Gasteiger partial charge is 0.145 e. The van der Waals surface area contributed by atoms with E-state index in [-0.39, 0.29) is 0 Å². The summed E-state index contributed by atoms with van der Waals surface area (Å²) < 4.78 is 4.73. The van der Waals surface area contributed by atoms with Crippen LogP contribution in [0.25, 0.3) is 66.7 Å². The van der Waals surface area contributed by atoms with Gasteiger partial charge in [-0.15, -0.1) is 0 Å². The SMILES string of the molecule is C[Si]1(C)c2ccccc2-c2ccc3c(c21)c1ccccc1n3-c1ccc(-n2c(-c3ccccc3)nc3ccccc32)cc1. The molecule has 1 aliphatic rings. The van der Waals surface area contributed by atoms with Gasteiger partial charge in [-0.05, 0) is 70.0 Å². The molecule has 4 heteroatoms. The Hall–Kier alpha value is -5.19. The summed E-state index contributed by atoms with van der Waals surface area (Å²) in [5.74, 6) is 0.953. The first-order chi connectivity index (χ1) is 21.1. The standard InChI is InChI=1S/C39H29N3Si/c1-43(2)36-19-11-7-14-29(36)30-24-25-35-37(38(30)43)31-15-6-9-17-33(31)41(35)27-20-22-28(23-21-27)42-34-18-10-8-16-32(34)40-39(42)26-12-4-3-5-13-26/h3-25H,1-2H3. The zero-order valence-corrected chi connectivity index (χ0v) is 25.1. The molecule has 0 saturated heterocycles. The molecule has 0 fully saturated rings. The van der Waals surface area contributed by atoms with Crippen molar-refractivity contribution in [1.29, 1.82) is 0 Å². The minimum Gasteiger partial charge on any atom is -0.309 e. The lowest BCUT2D eigenvalue weighted by atomic mass is 10.0. The van der Waals surface area contributed by atoms with Crippen LogP contribution in [0.5, 0.6) is 0 Å². The number of fused-ring (bicyclic) bond motifs is 8. The number of benzene rings is 6. The molecular weight excluding hydrogens is 539 g/mol. The van der Waals surface area contributed by atoms with E-state index in [1.807, 2.05) is 0 Å². The van der Waals surface area contributed by atoms with Gasteiger partial charge in [0.1, 0.15) is 13.9 Å². The van der Waals surface area contributed by atoms with E-state index in [1.165, 1.54) is 32.9 Å². The third-order valence-corrected chi connectivity index (χ3v) is 12.9. The van der Waals surface area contributed by atoms with Crippen LogP contribution in [0.2, 0.25) is 13.1 Å². The van der Waals surface area contributed by atoms with Crippen molar-refractivity contribution >= 4 is 51.3 Å². The molecule has 0 atom stereocenters. The zero-order chi connectivity index (χ0) is 28.7. The third kappa shape index (κ3) is 3.38. The maximum atomic E-state index is 5.04. The topological polar surface area (TPSA) is 22.8 Å². The molecule has 1 aliphatic heterocycles. The molecule has 0 spiro atoms. The van der Waals surface area contributed by atoms with E-state index in [9.17, 15) is 0 Å². The molecule has 3 nitrogen and oxygen atoms in total. The molecule has 2 aromatic heterocycles. The van der Waals surface area contributed by atoms with E-state index in [4.69, 9.17) is 4.98 Å². The van der Waals surface area contributed by atoms with E-state index < -0.39 is 8.07 Å². The Labute approximate surface area is 251 Å². The van der Waals surface area contributed by atoms with E-state index in [1.54, 1.807) is 10.4 Å². The van der Waals surface area contributed by atoms with Crippen molar-refractivity contribution in [1.82, 2.24) is 14.1 Å². The van der Waals surface area contributed by atoms with Crippen molar-refractivity contribution in [2.45, 2.75) is 13.1 Å². The lowest BCUT2D eigenvalue weighted by molar-refractivity contribution is 1.09. The fourth-order valence-electron chi connectivity index (χ4n) is 7.43. The molecule has 8 aromatic rings. The van der Waals surface area contributed by atoms with Gasteiger partial charge < -0.3 is 4.57 Å². The Kier molecular flexibility index (Phi) is 5.05. The second-order valence-electron chi connectivity index (χ2n) is 12.0. The summed E-state index contributed by atoms with van der Waals surface area (Å²) in [5.41, 5.74) is 10.8. The second kappa shape index (κ2) is 8.90. The molecule has 0 aliphatic carbocycles. The van der Waals surface area contributed by atoms with Crippen molar-refractivity contribution in [2.24, 2.45) is 0 Å². The molecule has 204 valence electrons. The van der Waals surface area contributed by atoms with Crippen LogP contribution in [-0.4, -0.2) is 22.2 Å². The van der Waals surface area contributed by atoms with Gasteiger partial charge in [0.2, 0.25) is 0 Å². The van der Waals surface area contributed by atoms with Crippen molar-refractivity contribution in [2.75, 3.05) is 0 Å². The van der Waals surface area contributed by atoms with Gasteiger partial charge in [0, 0.05) is 27.7 Å². The highest BCUT2D eigenvalue weighted by Gasteiger charge is 2.39. The van der Waals surface area contributed by atoms with Crippen LogP contribution < -0.4 is 10.4 Å². The van der Waals surface area contributed by atoms with Crippen molar-refractivity contribution in [3.63, 3.8) is 0 Å². The van der Waals surface area contributed by atoms with E-state index >= 15 is 0 Å². The Morgan fingerprint density at radius 1 is 0.512 bits per heavy atom.